The first-order chi connectivity index (χ1) is 12.0. The largest absolute Gasteiger partial charge is 0.467 e. The van der Waals surface area contributed by atoms with Crippen molar-refractivity contribution in [2.24, 2.45) is 5.92 Å². The lowest BCUT2D eigenvalue weighted by atomic mass is 9.98. The summed E-state index contributed by atoms with van der Waals surface area (Å²) in [4.78, 5) is 40.6. The standard InChI is InChI=1S/C19H24N2O4/c1-13-6-8-15(9-7-13)21-12-14(11-17(21)22)18(23)20-10-4-3-5-16(20)19(24)25-2/h6-9,14,16H,3-5,10-12H2,1-2H3/t14-,16+/m0/s1. The van der Waals surface area contributed by atoms with Gasteiger partial charge in [-0.05, 0) is 38.3 Å². The molecule has 3 rings (SSSR count). The van der Waals surface area contributed by atoms with E-state index in [2.05, 4.69) is 0 Å². The Hall–Kier alpha value is -2.37. The van der Waals surface area contributed by atoms with Crippen LogP contribution in [0.25, 0.3) is 0 Å². The number of rotatable bonds is 3. The summed E-state index contributed by atoms with van der Waals surface area (Å²) in [6.45, 7) is 2.91. The van der Waals surface area contributed by atoms with Gasteiger partial charge in [-0.3, -0.25) is 9.59 Å². The van der Waals surface area contributed by atoms with Crippen molar-refractivity contribution in [1.29, 1.82) is 0 Å². The molecule has 6 nitrogen and oxygen atoms in total. The molecule has 1 aromatic carbocycles. The Morgan fingerprint density at radius 1 is 1.16 bits per heavy atom. The van der Waals surface area contributed by atoms with Crippen molar-refractivity contribution in [2.45, 2.75) is 38.6 Å². The zero-order chi connectivity index (χ0) is 18.0. The molecule has 134 valence electrons. The molecule has 2 atom stereocenters. The molecule has 2 saturated heterocycles. The summed E-state index contributed by atoms with van der Waals surface area (Å²) in [6, 6.07) is 7.19. The van der Waals surface area contributed by atoms with Crippen LogP contribution >= 0.6 is 0 Å². The number of nitrogens with zero attached hydrogens (tertiary/aromatic N) is 2. The van der Waals surface area contributed by atoms with Gasteiger partial charge in [0.05, 0.1) is 13.0 Å². The Bertz CT molecular complexity index is 671. The second-order valence-corrected chi connectivity index (χ2v) is 6.81. The predicted octanol–water partition coefficient (Wildman–Crippen LogP) is 1.90. The molecule has 6 heteroatoms. The minimum Gasteiger partial charge on any atom is -0.467 e. The van der Waals surface area contributed by atoms with Crippen LogP contribution in [0, 0.1) is 12.8 Å². The van der Waals surface area contributed by atoms with Gasteiger partial charge in [-0.2, -0.15) is 0 Å². The van der Waals surface area contributed by atoms with Crippen LogP contribution in [0.1, 0.15) is 31.2 Å². The number of carbonyl (C=O) groups is 3. The van der Waals surface area contributed by atoms with Gasteiger partial charge in [-0.15, -0.1) is 0 Å². The molecule has 0 spiro atoms. The first kappa shape index (κ1) is 17.5. The average molecular weight is 344 g/mol. The molecule has 0 aromatic heterocycles. The molecule has 0 saturated carbocycles. The van der Waals surface area contributed by atoms with E-state index in [4.69, 9.17) is 4.74 Å². The third-order valence-electron chi connectivity index (χ3n) is 5.08. The van der Waals surface area contributed by atoms with Crippen molar-refractivity contribution in [2.75, 3.05) is 25.1 Å². The monoisotopic (exact) mass is 344 g/mol. The van der Waals surface area contributed by atoms with Gasteiger partial charge in [0.15, 0.2) is 0 Å². The van der Waals surface area contributed by atoms with E-state index in [0.29, 0.717) is 19.5 Å². The van der Waals surface area contributed by atoms with E-state index >= 15 is 0 Å². The topological polar surface area (TPSA) is 66.9 Å². The molecule has 2 fully saturated rings. The van der Waals surface area contributed by atoms with Crippen LogP contribution in [-0.2, 0) is 19.1 Å². The summed E-state index contributed by atoms with van der Waals surface area (Å²) in [5.41, 5.74) is 1.94. The summed E-state index contributed by atoms with van der Waals surface area (Å²) in [7, 11) is 1.35. The highest BCUT2D eigenvalue weighted by molar-refractivity contribution is 6.00. The van der Waals surface area contributed by atoms with Gasteiger partial charge in [0, 0.05) is 25.2 Å². The van der Waals surface area contributed by atoms with Crippen LogP contribution in [0.5, 0.6) is 0 Å². The molecule has 2 aliphatic rings. The van der Waals surface area contributed by atoms with E-state index in [1.165, 1.54) is 7.11 Å². The quantitative estimate of drug-likeness (QED) is 0.786. The van der Waals surface area contributed by atoms with Gasteiger partial charge in [-0.1, -0.05) is 17.7 Å². The lowest BCUT2D eigenvalue weighted by molar-refractivity contribution is -0.156. The van der Waals surface area contributed by atoms with E-state index in [0.717, 1.165) is 24.1 Å². The second-order valence-electron chi connectivity index (χ2n) is 6.81. The zero-order valence-corrected chi connectivity index (χ0v) is 14.7. The van der Waals surface area contributed by atoms with Crippen molar-refractivity contribution in [1.82, 2.24) is 4.90 Å². The Labute approximate surface area is 147 Å². The second kappa shape index (κ2) is 7.25. The molecule has 2 heterocycles. The molecule has 2 aliphatic heterocycles. The number of anilines is 1. The Balaban J connectivity index is 1.73. The molecule has 1 aromatic rings. The summed E-state index contributed by atoms with van der Waals surface area (Å²) in [6.07, 6.45) is 2.60. The van der Waals surface area contributed by atoms with Crippen LogP contribution < -0.4 is 4.90 Å². The highest BCUT2D eigenvalue weighted by Gasteiger charge is 2.41. The van der Waals surface area contributed by atoms with Gasteiger partial charge >= 0.3 is 5.97 Å². The molecular formula is C19H24N2O4. The highest BCUT2D eigenvalue weighted by atomic mass is 16.5. The van der Waals surface area contributed by atoms with Gasteiger partial charge < -0.3 is 14.5 Å². The van der Waals surface area contributed by atoms with Crippen LogP contribution in [-0.4, -0.2) is 48.9 Å². The highest BCUT2D eigenvalue weighted by Crippen LogP contribution is 2.29. The van der Waals surface area contributed by atoms with Crippen LogP contribution in [0.15, 0.2) is 24.3 Å². The lowest BCUT2D eigenvalue weighted by Gasteiger charge is -2.35. The number of aryl methyl sites for hydroxylation is 1. The summed E-state index contributed by atoms with van der Waals surface area (Å²) in [5.74, 6) is -0.932. The Kier molecular flexibility index (Phi) is 5.06. The first-order valence-electron chi connectivity index (χ1n) is 8.76. The number of hydrogen-bond donors (Lipinski definition) is 0. The van der Waals surface area contributed by atoms with Gasteiger partial charge in [-0.25, -0.2) is 4.79 Å². The fourth-order valence-electron chi connectivity index (χ4n) is 3.66. The number of piperidine rings is 1. The maximum atomic E-state index is 12.9. The maximum absolute atomic E-state index is 12.9. The van der Waals surface area contributed by atoms with Crippen LogP contribution in [0.2, 0.25) is 0 Å². The maximum Gasteiger partial charge on any atom is 0.328 e. The van der Waals surface area contributed by atoms with E-state index in [1.807, 2.05) is 31.2 Å². The third-order valence-corrected chi connectivity index (χ3v) is 5.08. The summed E-state index contributed by atoms with van der Waals surface area (Å²) >= 11 is 0. The minimum atomic E-state index is -0.519. The van der Waals surface area contributed by atoms with E-state index in [1.54, 1.807) is 9.80 Å². The van der Waals surface area contributed by atoms with Gasteiger partial charge in [0.25, 0.3) is 0 Å². The van der Waals surface area contributed by atoms with Gasteiger partial charge in [0.1, 0.15) is 6.04 Å². The molecule has 0 unspecified atom stereocenters. The number of amides is 2. The van der Waals surface area contributed by atoms with Gasteiger partial charge in [0.2, 0.25) is 11.8 Å². The Morgan fingerprint density at radius 3 is 2.56 bits per heavy atom. The zero-order valence-electron chi connectivity index (χ0n) is 14.7. The Morgan fingerprint density at radius 2 is 1.88 bits per heavy atom. The van der Waals surface area contributed by atoms with E-state index in [9.17, 15) is 14.4 Å². The fraction of sp³-hybridized carbons (Fsp3) is 0.526. The predicted molar refractivity (Wildman–Crippen MR) is 93.0 cm³/mol. The normalized spacial score (nSPS) is 23.7. The number of methoxy groups -OCH3 is 1. The van der Waals surface area contributed by atoms with E-state index < -0.39 is 12.0 Å². The number of likely N-dealkylation sites (tertiary alicyclic amines) is 1. The summed E-state index contributed by atoms with van der Waals surface area (Å²) in [5, 5.41) is 0. The molecule has 0 aliphatic carbocycles. The van der Waals surface area contributed by atoms with Crippen molar-refractivity contribution in [3.8, 4) is 0 Å². The molecule has 2 amide bonds. The third kappa shape index (κ3) is 3.52. The van der Waals surface area contributed by atoms with Crippen molar-refractivity contribution in [3.63, 3.8) is 0 Å². The molecule has 0 radical (unpaired) electrons. The average Bonchev–Trinajstić information content (AvgIpc) is 3.03. The van der Waals surface area contributed by atoms with E-state index in [-0.39, 0.29) is 24.2 Å². The number of esters is 1. The fourth-order valence-corrected chi connectivity index (χ4v) is 3.66. The van der Waals surface area contributed by atoms with Crippen LogP contribution in [0.4, 0.5) is 5.69 Å². The number of benzene rings is 1. The number of ether oxygens (including phenoxy) is 1. The van der Waals surface area contributed by atoms with Crippen molar-refractivity contribution in [3.05, 3.63) is 29.8 Å². The molecular weight excluding hydrogens is 320 g/mol. The lowest BCUT2D eigenvalue weighted by Crippen LogP contribution is -2.50. The number of hydrogen-bond acceptors (Lipinski definition) is 4. The first-order valence-corrected chi connectivity index (χ1v) is 8.76. The SMILES string of the molecule is COC(=O)[C@H]1CCCCN1C(=O)[C@H]1CC(=O)N(c2ccc(C)cc2)C1. The molecule has 0 bridgehead atoms. The van der Waals surface area contributed by atoms with Crippen molar-refractivity contribution >= 4 is 23.5 Å². The van der Waals surface area contributed by atoms with Crippen LogP contribution in [0.3, 0.4) is 0 Å². The number of carbonyl (C=O) groups excluding carboxylic acids is 3. The molecule has 25 heavy (non-hydrogen) atoms. The van der Waals surface area contributed by atoms with Crippen molar-refractivity contribution < 1.29 is 19.1 Å². The molecule has 0 N–H and O–H groups in total. The minimum absolute atomic E-state index is 0.0474. The smallest absolute Gasteiger partial charge is 0.328 e. The summed E-state index contributed by atoms with van der Waals surface area (Å²) < 4.78 is 4.85.